The van der Waals surface area contributed by atoms with Crippen molar-refractivity contribution in [3.8, 4) is 6.07 Å². The van der Waals surface area contributed by atoms with Crippen LogP contribution in [-0.2, 0) is 4.43 Å². The fourth-order valence-electron chi connectivity index (χ4n) is 3.88. The summed E-state index contributed by atoms with van der Waals surface area (Å²) in [6.07, 6.45) is 1.79. The first kappa shape index (κ1) is 17.9. The number of benzene rings is 2. The van der Waals surface area contributed by atoms with Gasteiger partial charge in [0.15, 0.2) is 0 Å². The molecule has 0 radical (unpaired) electrons. The van der Waals surface area contributed by atoms with Crippen molar-refractivity contribution in [3.05, 3.63) is 60.7 Å². The molecule has 2 aromatic rings. The molecular formula is C22H27NOSi. The van der Waals surface area contributed by atoms with Crippen molar-refractivity contribution in [1.29, 1.82) is 5.26 Å². The number of rotatable bonds is 6. The van der Waals surface area contributed by atoms with E-state index < -0.39 is 8.32 Å². The lowest BCUT2D eigenvalue weighted by Crippen LogP contribution is -2.66. The minimum atomic E-state index is -2.41. The molecule has 0 unspecified atom stereocenters. The highest BCUT2D eigenvalue weighted by atomic mass is 28.4. The van der Waals surface area contributed by atoms with Crippen molar-refractivity contribution in [1.82, 2.24) is 0 Å². The molecule has 1 aliphatic carbocycles. The van der Waals surface area contributed by atoms with Crippen molar-refractivity contribution >= 4 is 18.7 Å². The summed E-state index contributed by atoms with van der Waals surface area (Å²) in [5, 5.41) is 11.6. The fourth-order valence-corrected chi connectivity index (χ4v) is 8.49. The van der Waals surface area contributed by atoms with Gasteiger partial charge in [0.25, 0.3) is 8.32 Å². The standard InChI is InChI=1S/C22H27NOSi/c1-22(2,3)25(20-10-6-4-7-11-20,21-12-8-5-9-13-21)24-17-19-16-18(19)14-15-23/h4-13,18-19H,14,16-17H2,1-3H3/t18-,19+/m1/s1. The van der Waals surface area contributed by atoms with Gasteiger partial charge < -0.3 is 4.43 Å². The van der Waals surface area contributed by atoms with Crippen LogP contribution in [0.4, 0.5) is 0 Å². The summed E-state index contributed by atoms with van der Waals surface area (Å²) in [5.74, 6) is 1.07. The van der Waals surface area contributed by atoms with Crippen LogP contribution < -0.4 is 10.4 Å². The number of hydrogen-bond donors (Lipinski definition) is 0. The van der Waals surface area contributed by atoms with Gasteiger partial charge in [-0.1, -0.05) is 81.4 Å². The minimum absolute atomic E-state index is 0.0231. The maximum Gasteiger partial charge on any atom is 0.261 e. The Morgan fingerprint density at radius 1 is 0.960 bits per heavy atom. The Bertz CT molecular complexity index is 691. The van der Waals surface area contributed by atoms with E-state index in [4.69, 9.17) is 9.69 Å². The van der Waals surface area contributed by atoms with Crippen LogP contribution in [0.2, 0.25) is 5.04 Å². The molecule has 25 heavy (non-hydrogen) atoms. The smallest absolute Gasteiger partial charge is 0.261 e. The molecule has 0 aliphatic heterocycles. The van der Waals surface area contributed by atoms with Gasteiger partial charge in [-0.15, -0.1) is 0 Å². The molecule has 1 fully saturated rings. The summed E-state index contributed by atoms with van der Waals surface area (Å²) in [5.41, 5.74) is 0. The Kier molecular flexibility index (Phi) is 5.13. The lowest BCUT2D eigenvalue weighted by Gasteiger charge is -2.43. The molecule has 2 nitrogen and oxygen atoms in total. The molecule has 130 valence electrons. The molecule has 0 N–H and O–H groups in total. The van der Waals surface area contributed by atoms with E-state index in [1.54, 1.807) is 0 Å². The van der Waals surface area contributed by atoms with E-state index in [1.807, 2.05) is 0 Å². The van der Waals surface area contributed by atoms with Crippen LogP contribution in [0.15, 0.2) is 60.7 Å². The highest BCUT2D eigenvalue weighted by Gasteiger charge is 2.51. The molecule has 0 spiro atoms. The van der Waals surface area contributed by atoms with Gasteiger partial charge in [0.2, 0.25) is 0 Å². The third kappa shape index (κ3) is 3.56. The van der Waals surface area contributed by atoms with Gasteiger partial charge in [0, 0.05) is 13.0 Å². The van der Waals surface area contributed by atoms with Gasteiger partial charge >= 0.3 is 0 Å². The molecule has 1 saturated carbocycles. The van der Waals surface area contributed by atoms with Crippen LogP contribution in [0.1, 0.15) is 33.6 Å². The summed E-state index contributed by atoms with van der Waals surface area (Å²) < 4.78 is 6.90. The first-order valence-electron chi connectivity index (χ1n) is 9.11. The zero-order chi connectivity index (χ0) is 17.9. The zero-order valence-electron chi connectivity index (χ0n) is 15.4. The van der Waals surface area contributed by atoms with Crippen LogP contribution in [0.25, 0.3) is 0 Å². The van der Waals surface area contributed by atoms with Crippen LogP contribution in [0.3, 0.4) is 0 Å². The van der Waals surface area contributed by atoms with Gasteiger partial charge in [-0.3, -0.25) is 0 Å². The Morgan fingerprint density at radius 3 is 1.92 bits per heavy atom. The van der Waals surface area contributed by atoms with Crippen molar-refractivity contribution in [3.63, 3.8) is 0 Å². The van der Waals surface area contributed by atoms with E-state index in [0.29, 0.717) is 18.3 Å². The number of nitrogens with zero attached hydrogens (tertiary/aromatic N) is 1. The maximum atomic E-state index is 8.93. The Labute approximate surface area is 152 Å². The molecule has 0 bridgehead atoms. The van der Waals surface area contributed by atoms with Crippen LogP contribution in [0, 0.1) is 23.2 Å². The average molecular weight is 350 g/mol. The highest BCUT2D eigenvalue weighted by molar-refractivity contribution is 6.99. The average Bonchev–Trinajstić information content (AvgIpc) is 3.35. The SMILES string of the molecule is CC(C)(C)[Si](OC[C@@H]1C[C@H]1CC#N)(c1ccccc1)c1ccccc1. The highest BCUT2D eigenvalue weighted by Crippen LogP contribution is 2.43. The second kappa shape index (κ2) is 7.15. The molecule has 0 amide bonds. The van der Waals surface area contributed by atoms with E-state index in [-0.39, 0.29) is 5.04 Å². The molecule has 2 atom stereocenters. The predicted molar refractivity (Wildman–Crippen MR) is 105 cm³/mol. The summed E-state index contributed by atoms with van der Waals surface area (Å²) >= 11 is 0. The third-order valence-electron chi connectivity index (χ3n) is 5.35. The minimum Gasteiger partial charge on any atom is -0.407 e. The van der Waals surface area contributed by atoms with Gasteiger partial charge in [0.05, 0.1) is 6.07 Å². The van der Waals surface area contributed by atoms with E-state index >= 15 is 0 Å². The summed E-state index contributed by atoms with van der Waals surface area (Å²) in [6.45, 7) is 7.68. The van der Waals surface area contributed by atoms with Gasteiger partial charge in [-0.25, -0.2) is 0 Å². The van der Waals surface area contributed by atoms with Crippen molar-refractivity contribution < 1.29 is 4.43 Å². The lowest BCUT2D eigenvalue weighted by atomic mass is 10.2. The van der Waals surface area contributed by atoms with Crippen LogP contribution in [-0.4, -0.2) is 14.9 Å². The lowest BCUT2D eigenvalue weighted by molar-refractivity contribution is 0.274. The van der Waals surface area contributed by atoms with E-state index in [9.17, 15) is 0 Å². The molecule has 3 heteroatoms. The molecule has 0 saturated heterocycles. The second-order valence-corrected chi connectivity index (χ2v) is 12.4. The summed E-state index contributed by atoms with van der Waals surface area (Å²) in [6, 6.07) is 23.8. The Balaban J connectivity index is 1.99. The second-order valence-electron chi connectivity index (χ2n) is 8.09. The van der Waals surface area contributed by atoms with Crippen LogP contribution >= 0.6 is 0 Å². The van der Waals surface area contributed by atoms with Gasteiger partial charge in [0.1, 0.15) is 0 Å². The number of nitriles is 1. The topological polar surface area (TPSA) is 33.0 Å². The summed E-state index contributed by atoms with van der Waals surface area (Å²) in [4.78, 5) is 0. The Morgan fingerprint density at radius 2 is 1.48 bits per heavy atom. The van der Waals surface area contributed by atoms with Gasteiger partial charge in [-0.05, 0) is 33.7 Å². The van der Waals surface area contributed by atoms with E-state index in [1.165, 1.54) is 10.4 Å². The molecule has 3 rings (SSSR count). The monoisotopic (exact) mass is 349 g/mol. The maximum absolute atomic E-state index is 8.93. The molecule has 2 aromatic carbocycles. The van der Waals surface area contributed by atoms with E-state index in [0.717, 1.165) is 13.0 Å². The third-order valence-corrected chi connectivity index (χ3v) is 10.4. The first-order chi connectivity index (χ1) is 12.0. The van der Waals surface area contributed by atoms with Crippen molar-refractivity contribution in [2.75, 3.05) is 6.61 Å². The predicted octanol–water partition coefficient (Wildman–Crippen LogP) is 4.11. The molecule has 0 aromatic heterocycles. The largest absolute Gasteiger partial charge is 0.407 e. The normalized spacial score (nSPS) is 20.1. The Hall–Kier alpha value is -1.89. The van der Waals surface area contributed by atoms with E-state index in [2.05, 4.69) is 87.5 Å². The molecular weight excluding hydrogens is 322 g/mol. The van der Waals surface area contributed by atoms with Crippen molar-refractivity contribution in [2.45, 2.75) is 38.7 Å². The molecule has 0 heterocycles. The van der Waals surface area contributed by atoms with Crippen molar-refractivity contribution in [2.24, 2.45) is 11.8 Å². The fraction of sp³-hybridized carbons (Fsp3) is 0.409. The first-order valence-corrected chi connectivity index (χ1v) is 11.0. The quantitative estimate of drug-likeness (QED) is 0.735. The van der Waals surface area contributed by atoms with Crippen LogP contribution in [0.5, 0.6) is 0 Å². The number of hydrogen-bond acceptors (Lipinski definition) is 2. The summed E-state index contributed by atoms with van der Waals surface area (Å²) in [7, 11) is -2.41. The zero-order valence-corrected chi connectivity index (χ0v) is 16.4. The molecule has 1 aliphatic rings. The van der Waals surface area contributed by atoms with Gasteiger partial charge in [-0.2, -0.15) is 5.26 Å².